The van der Waals surface area contributed by atoms with Crippen molar-refractivity contribution in [2.24, 2.45) is 0 Å². The molecule has 9 nitrogen and oxygen atoms in total. The maximum Gasteiger partial charge on any atom is 0.294 e. The molecule has 0 radical (unpaired) electrons. The molecule has 4 rings (SSSR count). The van der Waals surface area contributed by atoms with Crippen LogP contribution in [0.25, 0.3) is 0 Å². The van der Waals surface area contributed by atoms with E-state index < -0.39 is 16.8 Å². The quantitative estimate of drug-likeness (QED) is 0.316. The average molecular weight is 422 g/mol. The lowest BCUT2D eigenvalue weighted by Crippen LogP contribution is -2.16. The van der Waals surface area contributed by atoms with Crippen molar-refractivity contribution in [2.45, 2.75) is 24.8 Å². The van der Waals surface area contributed by atoms with Crippen LogP contribution in [0.3, 0.4) is 0 Å². The monoisotopic (exact) mass is 422 g/mol. The number of aromatic nitrogens is 2. The van der Waals surface area contributed by atoms with Crippen molar-refractivity contribution in [3.63, 3.8) is 0 Å². The van der Waals surface area contributed by atoms with Gasteiger partial charge in [0.1, 0.15) is 17.6 Å². The van der Waals surface area contributed by atoms with Gasteiger partial charge in [0.25, 0.3) is 5.69 Å². The van der Waals surface area contributed by atoms with Gasteiger partial charge < -0.3 is 15.7 Å². The molecular weight excluding hydrogens is 403 g/mol. The minimum atomic E-state index is -0.645. The first kappa shape index (κ1) is 20.3. The van der Waals surface area contributed by atoms with Crippen LogP contribution >= 0.6 is 0 Å². The van der Waals surface area contributed by atoms with Crippen molar-refractivity contribution in [2.75, 3.05) is 17.2 Å². The second kappa shape index (κ2) is 8.41. The van der Waals surface area contributed by atoms with E-state index in [4.69, 9.17) is 0 Å². The molecule has 158 valence electrons. The van der Waals surface area contributed by atoms with E-state index >= 15 is 0 Å². The molecular formula is C21H19FN6O3. The Bertz CT molecular complexity index is 1150. The van der Waals surface area contributed by atoms with Crippen LogP contribution in [0, 0.1) is 27.3 Å². The topological polar surface area (TPSA) is 140 Å². The Labute approximate surface area is 176 Å². The van der Waals surface area contributed by atoms with Crippen molar-refractivity contribution in [1.82, 2.24) is 10.2 Å². The highest BCUT2D eigenvalue weighted by molar-refractivity contribution is 5.77. The second-order valence-corrected chi connectivity index (χ2v) is 7.32. The van der Waals surface area contributed by atoms with Gasteiger partial charge in [0, 0.05) is 23.7 Å². The molecule has 1 aromatic heterocycles. The van der Waals surface area contributed by atoms with Crippen molar-refractivity contribution >= 4 is 22.9 Å². The number of nitrogens with zero attached hydrogens (tertiary/aromatic N) is 3. The Morgan fingerprint density at radius 1 is 1.29 bits per heavy atom. The third-order valence-electron chi connectivity index (χ3n) is 5.12. The summed E-state index contributed by atoms with van der Waals surface area (Å²) in [6.07, 6.45) is 2.16. The number of aliphatic hydroxyl groups excluding tert-OH is 1. The van der Waals surface area contributed by atoms with E-state index in [0.717, 1.165) is 24.6 Å². The smallest absolute Gasteiger partial charge is 0.294 e. The van der Waals surface area contributed by atoms with Crippen LogP contribution in [0.15, 0.2) is 42.5 Å². The fourth-order valence-electron chi connectivity index (χ4n) is 3.31. The molecule has 0 spiro atoms. The number of nitro groups is 1. The van der Waals surface area contributed by atoms with Crippen molar-refractivity contribution in [3.05, 3.63) is 75.2 Å². The number of nitriles is 1. The van der Waals surface area contributed by atoms with Gasteiger partial charge in [-0.1, -0.05) is 12.1 Å². The molecule has 1 atom stereocenters. The van der Waals surface area contributed by atoms with Crippen molar-refractivity contribution in [1.29, 1.82) is 5.26 Å². The molecule has 1 fully saturated rings. The zero-order valence-corrected chi connectivity index (χ0v) is 16.3. The summed E-state index contributed by atoms with van der Waals surface area (Å²) in [6.45, 7) is -0.333. The first-order valence-electron chi connectivity index (χ1n) is 9.66. The Hall–Kier alpha value is -3.97. The fourth-order valence-corrected chi connectivity index (χ4v) is 3.31. The molecule has 31 heavy (non-hydrogen) atoms. The van der Waals surface area contributed by atoms with Gasteiger partial charge in [-0.2, -0.15) is 10.4 Å². The van der Waals surface area contributed by atoms with Crippen LogP contribution in [0.5, 0.6) is 0 Å². The largest absolute Gasteiger partial charge is 0.394 e. The molecule has 1 aliphatic carbocycles. The first-order chi connectivity index (χ1) is 15.0. The summed E-state index contributed by atoms with van der Waals surface area (Å²) < 4.78 is 13.2. The van der Waals surface area contributed by atoms with Crippen LogP contribution in [0.4, 0.5) is 27.3 Å². The molecule has 0 aliphatic heterocycles. The van der Waals surface area contributed by atoms with E-state index in [-0.39, 0.29) is 29.2 Å². The standard InChI is InChI=1S/C21H19FN6O3/c22-15-5-3-13(4-6-15)19(11-29)24-16-8-18(20(28(30)31)7-14(16)10-23)25-21-9-17(26-27-21)12-1-2-12/h3-9,12,19,24,29H,1-2,11H2,(H2,25,26,27). The Morgan fingerprint density at radius 2 is 2.03 bits per heavy atom. The molecule has 3 aromatic rings. The van der Waals surface area contributed by atoms with Gasteiger partial charge in [-0.15, -0.1) is 0 Å². The van der Waals surface area contributed by atoms with Gasteiger partial charge in [-0.05, 0) is 36.6 Å². The highest BCUT2D eigenvalue weighted by Crippen LogP contribution is 2.40. The number of nitro benzene ring substituents is 1. The minimum Gasteiger partial charge on any atom is -0.394 e. The van der Waals surface area contributed by atoms with Crippen molar-refractivity contribution in [3.8, 4) is 6.07 Å². The molecule has 1 saturated carbocycles. The number of H-pyrrole nitrogens is 1. The van der Waals surface area contributed by atoms with E-state index in [1.807, 2.05) is 12.1 Å². The lowest BCUT2D eigenvalue weighted by molar-refractivity contribution is -0.383. The molecule has 0 saturated heterocycles. The van der Waals surface area contributed by atoms with Gasteiger partial charge in [0.2, 0.25) is 0 Å². The van der Waals surface area contributed by atoms with E-state index in [1.165, 1.54) is 30.3 Å². The van der Waals surface area contributed by atoms with E-state index in [9.17, 15) is 24.9 Å². The number of aliphatic hydroxyl groups is 1. The molecule has 1 heterocycles. The number of hydrogen-bond donors (Lipinski definition) is 4. The maximum atomic E-state index is 13.2. The third-order valence-corrected chi connectivity index (χ3v) is 5.12. The Balaban J connectivity index is 1.67. The van der Waals surface area contributed by atoms with Crippen LogP contribution in [-0.2, 0) is 0 Å². The average Bonchev–Trinajstić information content (AvgIpc) is 3.51. The number of halogens is 1. The summed E-state index contributed by atoms with van der Waals surface area (Å²) in [5, 5.41) is 43.9. The lowest BCUT2D eigenvalue weighted by Gasteiger charge is -2.19. The first-order valence-corrected chi connectivity index (χ1v) is 9.66. The maximum absolute atomic E-state index is 13.2. The predicted octanol–water partition coefficient (Wildman–Crippen LogP) is 4.10. The predicted molar refractivity (Wildman–Crippen MR) is 112 cm³/mol. The summed E-state index contributed by atoms with van der Waals surface area (Å²) in [5.74, 6) is 0.458. The summed E-state index contributed by atoms with van der Waals surface area (Å²) in [7, 11) is 0. The molecule has 10 heteroatoms. The van der Waals surface area contributed by atoms with Crippen LogP contribution in [0.1, 0.15) is 41.6 Å². The van der Waals surface area contributed by atoms with E-state index in [1.54, 1.807) is 0 Å². The highest BCUT2D eigenvalue weighted by Gasteiger charge is 2.26. The third kappa shape index (κ3) is 4.46. The molecule has 0 amide bonds. The SMILES string of the molecule is N#Cc1cc([N+](=O)[O-])c(Nc2cc(C3CC3)[nH]n2)cc1NC(CO)c1ccc(F)cc1. The number of anilines is 3. The van der Waals surface area contributed by atoms with Crippen molar-refractivity contribution < 1.29 is 14.4 Å². The van der Waals surface area contributed by atoms with Crippen LogP contribution < -0.4 is 10.6 Å². The molecule has 4 N–H and O–H groups in total. The van der Waals surface area contributed by atoms with Gasteiger partial charge in [-0.3, -0.25) is 15.2 Å². The van der Waals surface area contributed by atoms with Gasteiger partial charge >= 0.3 is 0 Å². The lowest BCUT2D eigenvalue weighted by atomic mass is 10.1. The molecule has 1 unspecified atom stereocenters. The van der Waals surface area contributed by atoms with Gasteiger partial charge in [0.05, 0.1) is 28.8 Å². The summed E-state index contributed by atoms with van der Waals surface area (Å²) in [5.41, 5.74) is 1.77. The van der Waals surface area contributed by atoms with Crippen LogP contribution in [-0.4, -0.2) is 26.8 Å². The van der Waals surface area contributed by atoms with Gasteiger partial charge in [0.15, 0.2) is 5.82 Å². The van der Waals surface area contributed by atoms with E-state index in [2.05, 4.69) is 20.8 Å². The minimum absolute atomic E-state index is 0.0403. The number of benzene rings is 2. The van der Waals surface area contributed by atoms with E-state index in [0.29, 0.717) is 17.3 Å². The number of aromatic amines is 1. The Kier molecular flexibility index (Phi) is 5.51. The molecule has 2 aromatic carbocycles. The zero-order valence-electron chi connectivity index (χ0n) is 16.3. The number of nitrogens with one attached hydrogen (secondary N) is 3. The normalized spacial score (nSPS) is 14.0. The van der Waals surface area contributed by atoms with Crippen LogP contribution in [0.2, 0.25) is 0 Å². The fraction of sp³-hybridized carbons (Fsp3) is 0.238. The van der Waals surface area contributed by atoms with Gasteiger partial charge in [-0.25, -0.2) is 4.39 Å². The zero-order chi connectivity index (χ0) is 22.0. The second-order valence-electron chi connectivity index (χ2n) is 7.32. The number of hydrogen-bond acceptors (Lipinski definition) is 7. The highest BCUT2D eigenvalue weighted by atomic mass is 19.1. The Morgan fingerprint density at radius 3 is 2.65 bits per heavy atom. The number of rotatable bonds is 8. The molecule has 1 aliphatic rings. The summed E-state index contributed by atoms with van der Waals surface area (Å²) in [4.78, 5) is 11.0. The summed E-state index contributed by atoms with van der Waals surface area (Å²) >= 11 is 0. The summed E-state index contributed by atoms with van der Waals surface area (Å²) in [6, 6.07) is 11.3. The molecule has 0 bridgehead atoms.